The van der Waals surface area contributed by atoms with Crippen LogP contribution in [0.15, 0.2) is 18.2 Å². The third kappa shape index (κ3) is 5.73. The number of rotatable bonds is 7. The Bertz CT molecular complexity index is 513. The molecule has 6 heteroatoms. The number of benzene rings is 1. The van der Waals surface area contributed by atoms with Crippen molar-refractivity contribution in [3.8, 4) is 5.75 Å². The maximum absolute atomic E-state index is 11.9. The van der Waals surface area contributed by atoms with Crippen molar-refractivity contribution in [1.82, 2.24) is 4.90 Å². The first-order valence-corrected chi connectivity index (χ1v) is 8.06. The zero-order valence-corrected chi connectivity index (χ0v) is 13.9. The number of carbonyl (C=O) groups is 1. The van der Waals surface area contributed by atoms with Crippen molar-refractivity contribution in [3.63, 3.8) is 0 Å². The number of nitrogens with two attached hydrogens (primary N) is 1. The Labute approximate surface area is 137 Å². The molecule has 1 aromatic rings. The maximum Gasteiger partial charge on any atom is 0.338 e. The van der Waals surface area contributed by atoms with Crippen molar-refractivity contribution in [2.45, 2.75) is 13.8 Å². The third-order valence-electron chi connectivity index (χ3n) is 3.56. The Kier molecular flexibility index (Phi) is 6.67. The second-order valence-electron chi connectivity index (χ2n) is 6.05. The number of morpholine rings is 1. The lowest BCUT2D eigenvalue weighted by Gasteiger charge is -2.26. The van der Waals surface area contributed by atoms with Gasteiger partial charge < -0.3 is 19.9 Å². The molecule has 1 fully saturated rings. The fourth-order valence-electron chi connectivity index (χ4n) is 2.24. The second-order valence-corrected chi connectivity index (χ2v) is 6.05. The molecule has 2 rings (SSSR count). The van der Waals surface area contributed by atoms with Crippen LogP contribution in [0, 0.1) is 5.92 Å². The predicted molar refractivity (Wildman–Crippen MR) is 88.7 cm³/mol. The molecule has 0 spiro atoms. The Morgan fingerprint density at radius 2 is 2.09 bits per heavy atom. The fourth-order valence-corrected chi connectivity index (χ4v) is 2.24. The van der Waals surface area contributed by atoms with Gasteiger partial charge in [0.15, 0.2) is 0 Å². The first-order valence-electron chi connectivity index (χ1n) is 8.06. The van der Waals surface area contributed by atoms with Gasteiger partial charge in [-0.3, -0.25) is 4.90 Å². The number of anilines is 1. The van der Waals surface area contributed by atoms with E-state index in [4.69, 9.17) is 19.9 Å². The van der Waals surface area contributed by atoms with E-state index in [1.54, 1.807) is 18.2 Å². The lowest BCUT2D eigenvalue weighted by atomic mass is 10.2. The molecule has 0 amide bonds. The predicted octanol–water partition coefficient (Wildman–Crippen LogP) is 1.79. The number of nitrogen functional groups attached to an aromatic ring is 1. The van der Waals surface area contributed by atoms with Crippen LogP contribution in [0.2, 0.25) is 0 Å². The van der Waals surface area contributed by atoms with E-state index in [0.29, 0.717) is 36.1 Å². The number of hydrogen-bond donors (Lipinski definition) is 1. The van der Waals surface area contributed by atoms with Crippen LogP contribution in [-0.2, 0) is 9.47 Å². The molecule has 0 radical (unpaired) electrons. The second kappa shape index (κ2) is 8.74. The van der Waals surface area contributed by atoms with Crippen LogP contribution in [0.1, 0.15) is 24.2 Å². The highest BCUT2D eigenvalue weighted by molar-refractivity contribution is 5.91. The molecule has 128 valence electrons. The molecule has 0 saturated carbocycles. The van der Waals surface area contributed by atoms with Gasteiger partial charge in [0, 0.05) is 19.6 Å². The van der Waals surface area contributed by atoms with Crippen molar-refractivity contribution in [3.05, 3.63) is 23.8 Å². The van der Waals surface area contributed by atoms with Crippen molar-refractivity contribution < 1.29 is 19.0 Å². The Morgan fingerprint density at radius 1 is 1.35 bits per heavy atom. The highest BCUT2D eigenvalue weighted by Gasteiger charge is 2.12. The summed E-state index contributed by atoms with van der Waals surface area (Å²) in [6.07, 6.45) is 0. The molecular weight excluding hydrogens is 296 g/mol. The van der Waals surface area contributed by atoms with E-state index in [-0.39, 0.29) is 5.97 Å². The van der Waals surface area contributed by atoms with Gasteiger partial charge in [-0.25, -0.2) is 4.79 Å². The normalized spacial score (nSPS) is 15.6. The fraction of sp³-hybridized carbons (Fsp3) is 0.588. The van der Waals surface area contributed by atoms with Crippen molar-refractivity contribution in [2.75, 3.05) is 51.8 Å². The molecule has 0 unspecified atom stereocenters. The summed E-state index contributed by atoms with van der Waals surface area (Å²) in [5, 5.41) is 0. The van der Waals surface area contributed by atoms with Crippen LogP contribution in [0.3, 0.4) is 0 Å². The molecule has 6 nitrogen and oxygen atoms in total. The van der Waals surface area contributed by atoms with E-state index in [0.717, 1.165) is 32.8 Å². The number of nitrogens with zero attached hydrogens (tertiary/aromatic N) is 1. The highest BCUT2D eigenvalue weighted by atomic mass is 16.5. The van der Waals surface area contributed by atoms with E-state index in [9.17, 15) is 4.79 Å². The van der Waals surface area contributed by atoms with Crippen LogP contribution in [0.25, 0.3) is 0 Å². The standard InChI is InChI=1S/C17H26N2O4/c1-13(2)12-23-17(20)14-3-4-16(15(18)11-14)22-10-7-19-5-8-21-9-6-19/h3-4,11,13H,5-10,12,18H2,1-2H3. The Morgan fingerprint density at radius 3 is 2.74 bits per heavy atom. The summed E-state index contributed by atoms with van der Waals surface area (Å²) in [4.78, 5) is 14.2. The van der Waals surface area contributed by atoms with Crippen molar-refractivity contribution in [1.29, 1.82) is 0 Å². The summed E-state index contributed by atoms with van der Waals surface area (Å²) in [6.45, 7) is 9.18. The number of carbonyl (C=O) groups excluding carboxylic acids is 1. The van der Waals surface area contributed by atoms with E-state index >= 15 is 0 Å². The smallest absolute Gasteiger partial charge is 0.338 e. The Balaban J connectivity index is 1.82. The average Bonchev–Trinajstić information content (AvgIpc) is 2.55. The minimum Gasteiger partial charge on any atom is -0.490 e. The molecule has 1 saturated heterocycles. The third-order valence-corrected chi connectivity index (χ3v) is 3.56. The minimum absolute atomic E-state index is 0.305. The van der Waals surface area contributed by atoms with E-state index in [2.05, 4.69) is 4.90 Å². The monoisotopic (exact) mass is 322 g/mol. The average molecular weight is 322 g/mol. The topological polar surface area (TPSA) is 74.0 Å². The molecule has 2 N–H and O–H groups in total. The molecule has 1 aliphatic heterocycles. The zero-order valence-electron chi connectivity index (χ0n) is 13.9. The Hall–Kier alpha value is -1.79. The molecule has 1 aromatic carbocycles. The van der Waals surface area contributed by atoms with Crippen LogP contribution in [0.5, 0.6) is 5.75 Å². The van der Waals surface area contributed by atoms with Crippen LogP contribution in [0.4, 0.5) is 5.69 Å². The number of ether oxygens (including phenoxy) is 3. The lowest BCUT2D eigenvalue weighted by Crippen LogP contribution is -2.38. The van der Waals surface area contributed by atoms with Crippen molar-refractivity contribution in [2.24, 2.45) is 5.92 Å². The molecular formula is C17H26N2O4. The zero-order chi connectivity index (χ0) is 16.7. The molecule has 0 aromatic heterocycles. The summed E-state index contributed by atoms with van der Waals surface area (Å²) in [7, 11) is 0. The van der Waals surface area contributed by atoms with Gasteiger partial charge in [0.1, 0.15) is 12.4 Å². The van der Waals surface area contributed by atoms with E-state index in [1.807, 2.05) is 13.8 Å². The van der Waals surface area contributed by atoms with E-state index in [1.165, 1.54) is 0 Å². The van der Waals surface area contributed by atoms with Gasteiger partial charge in [-0.2, -0.15) is 0 Å². The largest absolute Gasteiger partial charge is 0.490 e. The summed E-state index contributed by atoms with van der Waals surface area (Å²) in [6, 6.07) is 5.01. The van der Waals surface area contributed by atoms with Gasteiger partial charge in [-0.15, -0.1) is 0 Å². The van der Waals surface area contributed by atoms with Gasteiger partial charge in [0.05, 0.1) is 31.1 Å². The summed E-state index contributed by atoms with van der Waals surface area (Å²) < 4.78 is 16.2. The summed E-state index contributed by atoms with van der Waals surface area (Å²) in [5.74, 6) is 0.544. The van der Waals surface area contributed by atoms with Gasteiger partial charge >= 0.3 is 5.97 Å². The van der Waals surface area contributed by atoms with Crippen LogP contribution in [-0.4, -0.2) is 56.9 Å². The molecule has 0 bridgehead atoms. The minimum atomic E-state index is -0.356. The maximum atomic E-state index is 11.9. The van der Waals surface area contributed by atoms with Gasteiger partial charge in [0.2, 0.25) is 0 Å². The molecule has 0 atom stereocenters. The van der Waals surface area contributed by atoms with Gasteiger partial charge in [-0.05, 0) is 24.1 Å². The van der Waals surface area contributed by atoms with Crippen LogP contribution >= 0.6 is 0 Å². The first-order chi connectivity index (χ1) is 11.1. The van der Waals surface area contributed by atoms with Gasteiger partial charge in [0.25, 0.3) is 0 Å². The highest BCUT2D eigenvalue weighted by Crippen LogP contribution is 2.23. The lowest BCUT2D eigenvalue weighted by molar-refractivity contribution is 0.0323. The van der Waals surface area contributed by atoms with Crippen molar-refractivity contribution >= 4 is 11.7 Å². The van der Waals surface area contributed by atoms with E-state index < -0.39 is 0 Å². The molecule has 0 aliphatic carbocycles. The first kappa shape index (κ1) is 17.6. The van der Waals surface area contributed by atoms with Gasteiger partial charge in [-0.1, -0.05) is 13.8 Å². The number of esters is 1. The SMILES string of the molecule is CC(C)COC(=O)c1ccc(OCCN2CCOCC2)c(N)c1. The molecule has 1 heterocycles. The molecule has 1 aliphatic rings. The summed E-state index contributed by atoms with van der Waals surface area (Å²) in [5.41, 5.74) is 6.87. The number of hydrogen-bond acceptors (Lipinski definition) is 6. The van der Waals surface area contributed by atoms with Crippen LogP contribution < -0.4 is 10.5 Å². The quantitative estimate of drug-likeness (QED) is 0.609. The molecule has 23 heavy (non-hydrogen) atoms. The summed E-state index contributed by atoms with van der Waals surface area (Å²) >= 11 is 0.